The molecule has 0 amide bonds. The molecule has 3 nitrogen and oxygen atoms in total. The molecular formula is C22H22ClF2N3. The molecule has 1 heterocycles. The first-order chi connectivity index (χ1) is 13.2. The number of hydrogen-bond donors (Lipinski definition) is 0. The van der Waals surface area contributed by atoms with Crippen molar-refractivity contribution in [3.05, 3.63) is 89.5 Å². The van der Waals surface area contributed by atoms with Crippen molar-refractivity contribution in [1.29, 1.82) is 0 Å². The molecule has 3 rings (SSSR count). The Morgan fingerprint density at radius 2 is 1.86 bits per heavy atom. The third-order valence-electron chi connectivity index (χ3n) is 5.25. The van der Waals surface area contributed by atoms with E-state index in [1.165, 1.54) is 18.5 Å². The first-order valence-corrected chi connectivity index (χ1v) is 9.27. The molecule has 1 unspecified atom stereocenters. The van der Waals surface area contributed by atoms with Crippen LogP contribution in [0.3, 0.4) is 0 Å². The number of aromatic nitrogens is 3. The molecule has 1 aromatic heterocycles. The minimum Gasteiger partial charge on any atom is -0.252 e. The predicted molar refractivity (Wildman–Crippen MR) is 108 cm³/mol. The van der Waals surface area contributed by atoms with Gasteiger partial charge < -0.3 is 0 Å². The van der Waals surface area contributed by atoms with Crippen LogP contribution in [0.1, 0.15) is 31.9 Å². The molecule has 0 fully saturated rings. The zero-order valence-corrected chi connectivity index (χ0v) is 16.8. The highest BCUT2D eigenvalue weighted by molar-refractivity contribution is 6.32. The average Bonchev–Trinajstić information content (AvgIpc) is 3.12. The summed E-state index contributed by atoms with van der Waals surface area (Å²) in [5.41, 5.74) is 0.188. The second-order valence-electron chi connectivity index (χ2n) is 7.83. The Kier molecular flexibility index (Phi) is 5.39. The largest absolute Gasteiger partial charge is 0.252 e. The van der Waals surface area contributed by atoms with E-state index in [9.17, 15) is 4.39 Å². The van der Waals surface area contributed by atoms with E-state index in [1.807, 2.05) is 39.0 Å². The summed E-state index contributed by atoms with van der Waals surface area (Å²) in [7, 11) is 0. The van der Waals surface area contributed by atoms with Crippen molar-refractivity contribution < 1.29 is 8.78 Å². The van der Waals surface area contributed by atoms with Gasteiger partial charge in [0.25, 0.3) is 0 Å². The van der Waals surface area contributed by atoms with Gasteiger partial charge in [0, 0.05) is 22.1 Å². The van der Waals surface area contributed by atoms with Crippen LogP contribution in [0.4, 0.5) is 8.78 Å². The van der Waals surface area contributed by atoms with Crippen molar-refractivity contribution in [2.45, 2.75) is 32.7 Å². The number of nitrogens with zero attached hydrogens (tertiary/aromatic N) is 3. The molecule has 0 radical (unpaired) electrons. The molecule has 0 saturated carbocycles. The first-order valence-electron chi connectivity index (χ1n) is 8.89. The van der Waals surface area contributed by atoms with Crippen LogP contribution < -0.4 is 0 Å². The topological polar surface area (TPSA) is 30.7 Å². The molecule has 3 aromatic rings. The summed E-state index contributed by atoms with van der Waals surface area (Å²) in [4.78, 5) is 4.01. The molecular weight excluding hydrogens is 380 g/mol. The van der Waals surface area contributed by atoms with Gasteiger partial charge in [-0.2, -0.15) is 5.10 Å². The Labute approximate surface area is 168 Å². The van der Waals surface area contributed by atoms with Crippen molar-refractivity contribution in [2.75, 3.05) is 0 Å². The lowest BCUT2D eigenvalue weighted by Gasteiger charge is -2.47. The molecule has 0 aliphatic rings. The summed E-state index contributed by atoms with van der Waals surface area (Å²) in [5.74, 6) is -1.27. The van der Waals surface area contributed by atoms with Gasteiger partial charge in [-0.25, -0.2) is 13.8 Å². The molecule has 0 bridgehead atoms. The maximum absolute atomic E-state index is 15.1. The highest BCUT2D eigenvalue weighted by atomic mass is 35.5. The van der Waals surface area contributed by atoms with Gasteiger partial charge in [-0.1, -0.05) is 63.2 Å². The molecule has 0 aliphatic heterocycles. The van der Waals surface area contributed by atoms with Gasteiger partial charge in [0.1, 0.15) is 24.3 Å². The lowest BCUT2D eigenvalue weighted by atomic mass is 9.57. The molecule has 146 valence electrons. The number of benzene rings is 2. The third-order valence-corrected chi connectivity index (χ3v) is 5.58. The number of rotatable bonds is 5. The minimum absolute atomic E-state index is 0.267. The summed E-state index contributed by atoms with van der Waals surface area (Å²) in [6.07, 6.45) is 2.99. The van der Waals surface area contributed by atoms with Gasteiger partial charge in [0.05, 0.1) is 6.54 Å². The van der Waals surface area contributed by atoms with Crippen LogP contribution >= 0.6 is 11.6 Å². The number of allylic oxidation sites excluding steroid dienone is 1. The zero-order valence-electron chi connectivity index (χ0n) is 16.1. The fraction of sp³-hybridized carbons (Fsp3) is 0.273. The van der Waals surface area contributed by atoms with E-state index < -0.39 is 22.5 Å². The SMILES string of the molecule is C=C(c1ccccc1Cl)C(Cn1cncn1)(c1ccc(F)cc1F)C(C)(C)C. The van der Waals surface area contributed by atoms with Crippen LogP contribution in [0, 0.1) is 17.0 Å². The Morgan fingerprint density at radius 3 is 2.43 bits per heavy atom. The van der Waals surface area contributed by atoms with Crippen LogP contribution in [-0.4, -0.2) is 14.8 Å². The van der Waals surface area contributed by atoms with E-state index in [2.05, 4.69) is 16.7 Å². The van der Waals surface area contributed by atoms with Crippen molar-refractivity contribution in [3.8, 4) is 0 Å². The normalized spacial score (nSPS) is 13.9. The summed E-state index contributed by atoms with van der Waals surface area (Å²) >= 11 is 6.46. The molecule has 1 atom stereocenters. The number of hydrogen-bond acceptors (Lipinski definition) is 2. The predicted octanol–water partition coefficient (Wildman–Crippen LogP) is 5.91. The van der Waals surface area contributed by atoms with Crippen LogP contribution in [-0.2, 0) is 12.0 Å². The van der Waals surface area contributed by atoms with E-state index in [-0.39, 0.29) is 6.54 Å². The van der Waals surface area contributed by atoms with E-state index >= 15 is 4.39 Å². The van der Waals surface area contributed by atoms with E-state index in [4.69, 9.17) is 11.6 Å². The standard InChI is InChI=1S/C22H22ClF2N3/c1-15(17-7-5-6-8-19(17)23)22(21(2,3)4,12-28-14-26-13-27-28)18-10-9-16(24)11-20(18)25/h5-11,13-14H,1,12H2,2-4H3. The lowest BCUT2D eigenvalue weighted by molar-refractivity contribution is 0.206. The smallest absolute Gasteiger partial charge is 0.137 e. The monoisotopic (exact) mass is 401 g/mol. The fourth-order valence-electron chi connectivity index (χ4n) is 3.77. The average molecular weight is 402 g/mol. The number of halogens is 3. The Morgan fingerprint density at radius 1 is 1.14 bits per heavy atom. The first kappa shape index (κ1) is 20.2. The van der Waals surface area contributed by atoms with Gasteiger partial charge >= 0.3 is 0 Å². The second-order valence-corrected chi connectivity index (χ2v) is 8.24. The van der Waals surface area contributed by atoms with Crippen LogP contribution in [0.25, 0.3) is 5.57 Å². The molecule has 0 spiro atoms. The van der Waals surface area contributed by atoms with E-state index in [0.29, 0.717) is 21.7 Å². The summed E-state index contributed by atoms with van der Waals surface area (Å²) in [6.45, 7) is 10.6. The van der Waals surface area contributed by atoms with Crippen molar-refractivity contribution in [1.82, 2.24) is 14.8 Å². The van der Waals surface area contributed by atoms with E-state index in [1.54, 1.807) is 17.1 Å². The molecule has 0 aliphatic carbocycles. The Hall–Kier alpha value is -2.53. The highest BCUT2D eigenvalue weighted by Gasteiger charge is 2.48. The van der Waals surface area contributed by atoms with Crippen LogP contribution in [0.2, 0.25) is 5.02 Å². The Balaban J connectivity index is 2.33. The molecule has 0 N–H and O–H groups in total. The second kappa shape index (κ2) is 7.47. The summed E-state index contributed by atoms with van der Waals surface area (Å²) in [6, 6.07) is 11.0. The summed E-state index contributed by atoms with van der Waals surface area (Å²) < 4.78 is 30.4. The van der Waals surface area contributed by atoms with Gasteiger partial charge in [0.15, 0.2) is 0 Å². The van der Waals surface area contributed by atoms with Gasteiger partial charge in [0.2, 0.25) is 0 Å². The van der Waals surface area contributed by atoms with Crippen molar-refractivity contribution >= 4 is 17.2 Å². The van der Waals surface area contributed by atoms with Crippen molar-refractivity contribution in [2.24, 2.45) is 5.41 Å². The molecule has 6 heteroatoms. The quantitative estimate of drug-likeness (QED) is 0.532. The van der Waals surface area contributed by atoms with Gasteiger partial charge in [-0.15, -0.1) is 0 Å². The molecule has 2 aromatic carbocycles. The zero-order chi connectivity index (χ0) is 20.5. The molecule has 28 heavy (non-hydrogen) atoms. The molecule has 0 saturated heterocycles. The Bertz CT molecular complexity index is 993. The van der Waals surface area contributed by atoms with Crippen LogP contribution in [0.15, 0.2) is 61.7 Å². The van der Waals surface area contributed by atoms with Gasteiger partial charge in [-0.3, -0.25) is 4.68 Å². The maximum atomic E-state index is 15.1. The third kappa shape index (κ3) is 3.47. The van der Waals surface area contributed by atoms with Crippen molar-refractivity contribution in [3.63, 3.8) is 0 Å². The van der Waals surface area contributed by atoms with Gasteiger partial charge in [-0.05, 0) is 28.7 Å². The van der Waals surface area contributed by atoms with E-state index in [0.717, 1.165) is 6.07 Å². The lowest BCUT2D eigenvalue weighted by Crippen LogP contribution is -2.45. The fourth-order valence-corrected chi connectivity index (χ4v) is 4.02. The minimum atomic E-state index is -0.969. The maximum Gasteiger partial charge on any atom is 0.137 e. The highest BCUT2D eigenvalue weighted by Crippen LogP contribution is 2.52. The van der Waals surface area contributed by atoms with Crippen LogP contribution in [0.5, 0.6) is 0 Å². The summed E-state index contributed by atoms with van der Waals surface area (Å²) in [5, 5.41) is 4.74.